The predicted octanol–water partition coefficient (Wildman–Crippen LogP) is 3.78. The Morgan fingerprint density at radius 3 is 2.61 bits per heavy atom. The Balaban J connectivity index is 1.85. The molecule has 2 N–H and O–H groups in total. The molecule has 1 aromatic carbocycles. The van der Waals surface area contributed by atoms with E-state index >= 15 is 0 Å². The van der Waals surface area contributed by atoms with E-state index in [1.807, 2.05) is 0 Å². The largest absolute Gasteiger partial charge is 0.507 e. The zero-order valence-corrected chi connectivity index (χ0v) is 16.1. The van der Waals surface area contributed by atoms with Crippen molar-refractivity contribution in [1.82, 2.24) is 20.1 Å². The monoisotopic (exact) mass is 395 g/mol. The van der Waals surface area contributed by atoms with Crippen molar-refractivity contribution in [3.8, 4) is 17.0 Å². The Morgan fingerprint density at radius 2 is 2.00 bits per heavy atom. The summed E-state index contributed by atoms with van der Waals surface area (Å²) in [6.07, 6.45) is -2.42. The van der Waals surface area contributed by atoms with Crippen LogP contribution in [0, 0.1) is 13.8 Å². The van der Waals surface area contributed by atoms with Crippen LogP contribution >= 0.6 is 0 Å². The molecule has 0 bridgehead atoms. The number of nitrogens with one attached hydrogen (secondary N) is 1. The molecule has 0 aliphatic carbocycles. The maximum Gasteiger partial charge on any atom is 0.416 e. The van der Waals surface area contributed by atoms with Crippen molar-refractivity contribution in [2.24, 2.45) is 0 Å². The summed E-state index contributed by atoms with van der Waals surface area (Å²) in [5, 5.41) is 21.7. The van der Waals surface area contributed by atoms with E-state index in [4.69, 9.17) is 0 Å². The second kappa shape index (κ2) is 7.90. The number of piperidine rings is 1. The maximum atomic E-state index is 12.9. The molecule has 1 aliphatic rings. The van der Waals surface area contributed by atoms with Crippen LogP contribution in [0.2, 0.25) is 0 Å². The van der Waals surface area contributed by atoms with Crippen molar-refractivity contribution in [3.63, 3.8) is 0 Å². The molecule has 1 saturated heterocycles. The molecule has 28 heavy (non-hydrogen) atoms. The number of likely N-dealkylation sites (tertiary alicyclic amines) is 1. The highest BCUT2D eigenvalue weighted by molar-refractivity contribution is 5.72. The summed E-state index contributed by atoms with van der Waals surface area (Å²) in [7, 11) is 0. The summed E-state index contributed by atoms with van der Waals surface area (Å²) >= 11 is 0. The van der Waals surface area contributed by atoms with Gasteiger partial charge in [-0.2, -0.15) is 13.2 Å². The number of aromatic hydroxyl groups is 1. The minimum absolute atomic E-state index is 0.215. The van der Waals surface area contributed by atoms with Gasteiger partial charge in [0.1, 0.15) is 11.4 Å². The second-order valence-corrected chi connectivity index (χ2v) is 7.13. The minimum Gasteiger partial charge on any atom is -0.507 e. The third-order valence-corrected chi connectivity index (χ3v) is 5.03. The second-order valence-electron chi connectivity index (χ2n) is 7.13. The van der Waals surface area contributed by atoms with Gasteiger partial charge in [0.05, 0.1) is 11.3 Å². The van der Waals surface area contributed by atoms with E-state index in [1.165, 1.54) is 6.92 Å². The van der Waals surface area contributed by atoms with Gasteiger partial charge in [-0.3, -0.25) is 0 Å². The first-order valence-corrected chi connectivity index (χ1v) is 9.30. The average molecular weight is 395 g/mol. The number of nitrogens with zero attached hydrogens (tertiary/aromatic N) is 4. The number of rotatable bonds is 4. The normalized spacial score (nSPS) is 18.3. The lowest BCUT2D eigenvalue weighted by Crippen LogP contribution is -2.42. The molecular formula is C19H24F3N5O. The van der Waals surface area contributed by atoms with Gasteiger partial charge >= 0.3 is 6.18 Å². The van der Waals surface area contributed by atoms with Crippen LogP contribution in [0.3, 0.4) is 0 Å². The third kappa shape index (κ3) is 4.35. The molecule has 152 valence electrons. The van der Waals surface area contributed by atoms with Crippen LogP contribution in [0.1, 0.15) is 36.6 Å². The van der Waals surface area contributed by atoms with Gasteiger partial charge in [0.25, 0.3) is 0 Å². The van der Waals surface area contributed by atoms with Crippen molar-refractivity contribution in [1.29, 1.82) is 0 Å². The molecule has 0 spiro atoms. The van der Waals surface area contributed by atoms with E-state index < -0.39 is 17.5 Å². The van der Waals surface area contributed by atoms with Gasteiger partial charge in [-0.1, -0.05) is 6.92 Å². The Labute approximate surface area is 161 Å². The zero-order chi connectivity index (χ0) is 20.5. The Bertz CT molecular complexity index is 833. The summed E-state index contributed by atoms with van der Waals surface area (Å²) < 4.78 is 38.8. The van der Waals surface area contributed by atoms with E-state index in [2.05, 4.69) is 32.3 Å². The number of hydrogen-bond acceptors (Lipinski definition) is 6. The van der Waals surface area contributed by atoms with Crippen LogP contribution in [-0.4, -0.2) is 50.9 Å². The smallest absolute Gasteiger partial charge is 0.416 e. The van der Waals surface area contributed by atoms with Crippen LogP contribution in [0.15, 0.2) is 12.1 Å². The highest BCUT2D eigenvalue weighted by atomic mass is 19.4. The number of likely N-dealkylation sites (N-methyl/N-ethyl adjacent to an activating group) is 1. The molecule has 6 nitrogen and oxygen atoms in total. The van der Waals surface area contributed by atoms with Gasteiger partial charge in [-0.05, 0) is 57.5 Å². The van der Waals surface area contributed by atoms with E-state index in [0.29, 0.717) is 17.7 Å². The fourth-order valence-electron chi connectivity index (χ4n) is 3.58. The fourth-order valence-corrected chi connectivity index (χ4v) is 3.58. The zero-order valence-electron chi connectivity index (χ0n) is 16.1. The van der Waals surface area contributed by atoms with Gasteiger partial charge in [0, 0.05) is 18.2 Å². The Kier molecular flexibility index (Phi) is 5.74. The van der Waals surface area contributed by atoms with E-state index in [9.17, 15) is 18.3 Å². The molecule has 1 atom stereocenters. The fraction of sp³-hybridized carbons (Fsp3) is 0.526. The quantitative estimate of drug-likeness (QED) is 0.821. The first-order chi connectivity index (χ1) is 13.2. The topological polar surface area (TPSA) is 74.2 Å². The molecule has 0 radical (unpaired) electrons. The predicted molar refractivity (Wildman–Crippen MR) is 100 cm³/mol. The van der Waals surface area contributed by atoms with Crippen LogP contribution in [0.5, 0.6) is 5.75 Å². The first kappa shape index (κ1) is 20.3. The molecule has 0 unspecified atom stereocenters. The first-order valence-electron chi connectivity index (χ1n) is 9.30. The lowest BCUT2D eigenvalue weighted by Gasteiger charge is -2.32. The number of phenolic OH excluding ortho intramolecular Hbond substituents is 1. The Morgan fingerprint density at radius 1 is 1.25 bits per heavy atom. The summed E-state index contributed by atoms with van der Waals surface area (Å²) in [4.78, 5) is 6.76. The number of halogens is 3. The molecule has 2 aromatic rings. The van der Waals surface area contributed by atoms with Crippen molar-refractivity contribution in [3.05, 3.63) is 29.0 Å². The van der Waals surface area contributed by atoms with Gasteiger partial charge < -0.3 is 15.3 Å². The highest BCUT2D eigenvalue weighted by Crippen LogP contribution is 2.39. The van der Waals surface area contributed by atoms with Crippen LogP contribution in [0.25, 0.3) is 11.3 Å². The van der Waals surface area contributed by atoms with Crippen molar-refractivity contribution in [2.75, 3.05) is 25.0 Å². The number of phenols is 1. The number of anilines is 1. The van der Waals surface area contributed by atoms with E-state index in [0.717, 1.165) is 38.5 Å². The standard InChI is InChI=1S/C19H24F3N5O/c1-4-27-7-5-6-14(10-27)24-18-23-12(3)17(25-26-18)16-11(2)8-13(9-15(16)28)19(20,21)22/h8-9,14,28H,4-7,10H2,1-3H3,(H,23,24,26)/t14-/m1/s1. The molecule has 1 aromatic heterocycles. The summed E-state index contributed by atoms with van der Waals surface area (Å²) in [6.45, 7) is 8.29. The van der Waals surface area contributed by atoms with E-state index in [-0.39, 0.29) is 22.9 Å². The number of aromatic nitrogens is 3. The summed E-state index contributed by atoms with van der Waals surface area (Å²) in [6, 6.07) is 1.92. The van der Waals surface area contributed by atoms with Crippen LogP contribution in [0.4, 0.5) is 19.1 Å². The SMILES string of the molecule is CCN1CCC[C@@H](Nc2nnc(-c3c(C)cc(C(F)(F)F)cc3O)c(C)n2)C1. The molecule has 1 aliphatic heterocycles. The van der Waals surface area contributed by atoms with Crippen LogP contribution < -0.4 is 5.32 Å². The molecule has 0 saturated carbocycles. The van der Waals surface area contributed by atoms with Gasteiger partial charge in [-0.25, -0.2) is 4.98 Å². The van der Waals surface area contributed by atoms with Crippen LogP contribution in [-0.2, 0) is 6.18 Å². The van der Waals surface area contributed by atoms with Gasteiger partial charge in [-0.15, -0.1) is 10.2 Å². The molecule has 2 heterocycles. The summed E-state index contributed by atoms with van der Waals surface area (Å²) in [5.41, 5.74) is 0.331. The molecule has 3 rings (SSSR count). The van der Waals surface area contributed by atoms with Crippen molar-refractivity contribution < 1.29 is 18.3 Å². The van der Waals surface area contributed by atoms with E-state index in [1.54, 1.807) is 6.92 Å². The number of benzene rings is 1. The molecule has 9 heteroatoms. The minimum atomic E-state index is -4.53. The average Bonchev–Trinajstić information content (AvgIpc) is 2.62. The lowest BCUT2D eigenvalue weighted by atomic mass is 9.99. The number of aryl methyl sites for hydroxylation is 2. The molecular weight excluding hydrogens is 371 g/mol. The maximum absolute atomic E-state index is 12.9. The Hall–Kier alpha value is -2.42. The molecule has 0 amide bonds. The van der Waals surface area contributed by atoms with Crippen molar-refractivity contribution >= 4 is 5.95 Å². The molecule has 1 fully saturated rings. The van der Waals surface area contributed by atoms with Gasteiger partial charge in [0.2, 0.25) is 5.95 Å². The number of hydrogen-bond donors (Lipinski definition) is 2. The number of alkyl halides is 3. The summed E-state index contributed by atoms with van der Waals surface area (Å²) in [5.74, 6) is -0.105. The third-order valence-electron chi connectivity index (χ3n) is 5.03. The van der Waals surface area contributed by atoms with Gasteiger partial charge in [0.15, 0.2) is 0 Å². The lowest BCUT2D eigenvalue weighted by molar-refractivity contribution is -0.137. The van der Waals surface area contributed by atoms with Crippen molar-refractivity contribution in [2.45, 2.75) is 45.8 Å². The highest BCUT2D eigenvalue weighted by Gasteiger charge is 2.32.